The molecule has 0 fully saturated rings. The van der Waals surface area contributed by atoms with Crippen LogP contribution < -0.4 is 5.32 Å². The Hall–Kier alpha value is -1.48. The van der Waals surface area contributed by atoms with Crippen LogP contribution in [0.15, 0.2) is 30.5 Å². The lowest BCUT2D eigenvalue weighted by Gasteiger charge is -2.14. The van der Waals surface area contributed by atoms with Crippen LogP contribution in [0.25, 0.3) is 10.9 Å². The molecule has 1 N–H and O–H groups in total. The number of carbonyl (C=O) groups excluding carboxylic acids is 1. The zero-order chi connectivity index (χ0) is 11.7. The molecule has 3 nitrogen and oxygen atoms in total. The number of benzene rings is 1. The van der Waals surface area contributed by atoms with Crippen molar-refractivity contribution < 1.29 is 4.79 Å². The summed E-state index contributed by atoms with van der Waals surface area (Å²) in [5.74, 6) is -0.0302. The van der Waals surface area contributed by atoms with E-state index in [0.29, 0.717) is 5.02 Å². The Kier molecular flexibility index (Phi) is 2.88. The van der Waals surface area contributed by atoms with Gasteiger partial charge in [0.25, 0.3) is 0 Å². The monoisotopic (exact) mass is 236 g/mol. The second-order valence-electron chi connectivity index (χ2n) is 3.69. The summed E-state index contributed by atoms with van der Waals surface area (Å²) >= 11 is 6.14. The summed E-state index contributed by atoms with van der Waals surface area (Å²) in [6.45, 7) is 1.85. The molecule has 0 aliphatic carbocycles. The highest BCUT2D eigenvalue weighted by Gasteiger charge is 2.16. The molecule has 1 heterocycles. The van der Waals surface area contributed by atoms with Gasteiger partial charge in [-0.1, -0.05) is 23.7 Å². The van der Waals surface area contributed by atoms with Gasteiger partial charge in [-0.2, -0.15) is 0 Å². The number of halogens is 1. The molecule has 1 aromatic carbocycles. The topological polar surface area (TPSA) is 34.0 Å². The van der Waals surface area contributed by atoms with Crippen LogP contribution in [0.5, 0.6) is 0 Å². The Labute approximate surface area is 99.0 Å². The van der Waals surface area contributed by atoms with Crippen molar-refractivity contribution in [1.82, 2.24) is 9.88 Å². The smallest absolute Gasteiger partial charge is 0.242 e. The normalized spacial score (nSPS) is 12.7. The largest absolute Gasteiger partial charge is 0.357 e. The maximum absolute atomic E-state index is 11.6. The number of fused-ring (bicyclic) bond motifs is 1. The summed E-state index contributed by atoms with van der Waals surface area (Å²) < 4.78 is 1.89. The average molecular weight is 237 g/mol. The summed E-state index contributed by atoms with van der Waals surface area (Å²) in [4.78, 5) is 11.6. The Balaban J connectivity index is 2.57. The van der Waals surface area contributed by atoms with E-state index in [2.05, 4.69) is 5.32 Å². The fourth-order valence-electron chi connectivity index (χ4n) is 1.83. The van der Waals surface area contributed by atoms with Crippen molar-refractivity contribution in [3.05, 3.63) is 35.5 Å². The zero-order valence-corrected chi connectivity index (χ0v) is 9.95. The first-order chi connectivity index (χ1) is 7.65. The molecule has 0 aliphatic heterocycles. The van der Waals surface area contributed by atoms with Crippen LogP contribution in [-0.4, -0.2) is 17.5 Å². The molecule has 0 saturated heterocycles. The third-order valence-electron chi connectivity index (χ3n) is 2.73. The van der Waals surface area contributed by atoms with E-state index in [1.807, 2.05) is 42.0 Å². The van der Waals surface area contributed by atoms with Gasteiger partial charge in [-0.05, 0) is 19.1 Å². The molecule has 2 aromatic rings. The summed E-state index contributed by atoms with van der Waals surface area (Å²) in [5.41, 5.74) is 0.903. The van der Waals surface area contributed by atoms with Crippen molar-refractivity contribution >= 4 is 28.4 Å². The molecule has 1 unspecified atom stereocenters. The lowest BCUT2D eigenvalue weighted by molar-refractivity contribution is -0.123. The summed E-state index contributed by atoms with van der Waals surface area (Å²) in [6, 6.07) is 7.41. The minimum absolute atomic E-state index is 0.0302. The van der Waals surface area contributed by atoms with Crippen molar-refractivity contribution in [2.45, 2.75) is 13.0 Å². The van der Waals surface area contributed by atoms with E-state index in [-0.39, 0.29) is 11.9 Å². The first-order valence-corrected chi connectivity index (χ1v) is 5.49. The highest BCUT2D eigenvalue weighted by molar-refractivity contribution is 6.35. The SMILES string of the molecule is CNC(=O)C(C)n1ccc2cccc(Cl)c21. The molecule has 1 aromatic heterocycles. The minimum atomic E-state index is -0.262. The van der Waals surface area contributed by atoms with Gasteiger partial charge in [0.15, 0.2) is 0 Å². The molecule has 1 atom stereocenters. The van der Waals surface area contributed by atoms with Crippen LogP contribution in [0.2, 0.25) is 5.02 Å². The van der Waals surface area contributed by atoms with Gasteiger partial charge in [-0.25, -0.2) is 0 Å². The van der Waals surface area contributed by atoms with Crippen LogP contribution in [0.1, 0.15) is 13.0 Å². The van der Waals surface area contributed by atoms with Gasteiger partial charge >= 0.3 is 0 Å². The van der Waals surface area contributed by atoms with E-state index in [1.165, 1.54) is 0 Å². The molecule has 0 aliphatic rings. The molecular weight excluding hydrogens is 224 g/mol. The number of hydrogen-bond acceptors (Lipinski definition) is 1. The summed E-state index contributed by atoms with van der Waals surface area (Å²) in [6.07, 6.45) is 1.89. The van der Waals surface area contributed by atoms with Gasteiger partial charge in [0, 0.05) is 18.6 Å². The van der Waals surface area contributed by atoms with Crippen molar-refractivity contribution in [1.29, 1.82) is 0 Å². The quantitative estimate of drug-likeness (QED) is 0.855. The van der Waals surface area contributed by atoms with Gasteiger partial charge in [-0.3, -0.25) is 4.79 Å². The van der Waals surface area contributed by atoms with Crippen molar-refractivity contribution in [2.24, 2.45) is 0 Å². The highest BCUT2D eigenvalue weighted by atomic mass is 35.5. The van der Waals surface area contributed by atoms with Gasteiger partial charge in [0.1, 0.15) is 6.04 Å². The fraction of sp³-hybridized carbons (Fsp3) is 0.250. The molecular formula is C12H13ClN2O. The lowest BCUT2D eigenvalue weighted by atomic mass is 10.2. The van der Waals surface area contributed by atoms with Crippen molar-refractivity contribution in [2.75, 3.05) is 7.05 Å². The number of nitrogens with one attached hydrogen (secondary N) is 1. The number of carbonyl (C=O) groups is 1. The van der Waals surface area contributed by atoms with Crippen LogP contribution in [0.4, 0.5) is 0 Å². The van der Waals surface area contributed by atoms with Gasteiger partial charge < -0.3 is 9.88 Å². The number of rotatable bonds is 2. The van der Waals surface area contributed by atoms with E-state index >= 15 is 0 Å². The number of hydrogen-bond donors (Lipinski definition) is 1. The molecule has 0 saturated carbocycles. The van der Waals surface area contributed by atoms with Crippen LogP contribution >= 0.6 is 11.6 Å². The molecule has 84 valence electrons. The third kappa shape index (κ3) is 1.67. The highest BCUT2D eigenvalue weighted by Crippen LogP contribution is 2.27. The number of likely N-dealkylation sites (N-methyl/N-ethyl adjacent to an activating group) is 1. The van der Waals surface area contributed by atoms with E-state index < -0.39 is 0 Å². The maximum Gasteiger partial charge on any atom is 0.242 e. The molecule has 4 heteroatoms. The predicted molar refractivity (Wildman–Crippen MR) is 65.7 cm³/mol. The molecule has 16 heavy (non-hydrogen) atoms. The second-order valence-corrected chi connectivity index (χ2v) is 4.10. The number of nitrogens with zero attached hydrogens (tertiary/aromatic N) is 1. The maximum atomic E-state index is 11.6. The van der Waals surface area contributed by atoms with E-state index in [1.54, 1.807) is 7.05 Å². The third-order valence-corrected chi connectivity index (χ3v) is 3.04. The van der Waals surface area contributed by atoms with Gasteiger partial charge in [0.05, 0.1) is 10.5 Å². The van der Waals surface area contributed by atoms with Crippen molar-refractivity contribution in [3.63, 3.8) is 0 Å². The van der Waals surface area contributed by atoms with Crippen LogP contribution in [0, 0.1) is 0 Å². The van der Waals surface area contributed by atoms with Crippen LogP contribution in [-0.2, 0) is 4.79 Å². The first kappa shape index (κ1) is 11.0. The number of amides is 1. The first-order valence-electron chi connectivity index (χ1n) is 5.12. The molecule has 0 radical (unpaired) electrons. The Bertz CT molecular complexity index is 533. The minimum Gasteiger partial charge on any atom is -0.357 e. The van der Waals surface area contributed by atoms with Gasteiger partial charge in [0.2, 0.25) is 5.91 Å². The van der Waals surface area contributed by atoms with E-state index in [4.69, 9.17) is 11.6 Å². The molecule has 1 amide bonds. The van der Waals surface area contributed by atoms with Gasteiger partial charge in [-0.15, -0.1) is 0 Å². The standard InChI is InChI=1S/C12H13ClN2O/c1-8(12(16)14-2)15-7-6-9-4-3-5-10(13)11(9)15/h3-8H,1-2H3,(H,14,16). The second kappa shape index (κ2) is 4.18. The predicted octanol–water partition coefficient (Wildman–Crippen LogP) is 2.60. The number of para-hydroxylation sites is 1. The summed E-state index contributed by atoms with van der Waals surface area (Å²) in [5, 5.41) is 4.34. The molecule has 0 bridgehead atoms. The van der Waals surface area contributed by atoms with Crippen LogP contribution in [0.3, 0.4) is 0 Å². The van der Waals surface area contributed by atoms with Crippen molar-refractivity contribution in [3.8, 4) is 0 Å². The Morgan fingerprint density at radius 3 is 2.88 bits per heavy atom. The van der Waals surface area contributed by atoms with E-state index in [9.17, 15) is 4.79 Å². The fourth-order valence-corrected chi connectivity index (χ4v) is 2.11. The molecule has 0 spiro atoms. The summed E-state index contributed by atoms with van der Waals surface area (Å²) in [7, 11) is 1.63. The average Bonchev–Trinajstić information content (AvgIpc) is 2.72. The number of aromatic nitrogens is 1. The zero-order valence-electron chi connectivity index (χ0n) is 9.20. The Morgan fingerprint density at radius 2 is 2.19 bits per heavy atom. The van der Waals surface area contributed by atoms with E-state index in [0.717, 1.165) is 10.9 Å². The molecule has 2 rings (SSSR count). The lowest BCUT2D eigenvalue weighted by Crippen LogP contribution is -2.27. The Morgan fingerprint density at radius 1 is 1.44 bits per heavy atom.